The van der Waals surface area contributed by atoms with E-state index in [0.29, 0.717) is 5.92 Å². The van der Waals surface area contributed by atoms with Crippen LogP contribution in [0.3, 0.4) is 0 Å². The Morgan fingerprint density at radius 2 is 1.83 bits per heavy atom. The van der Waals surface area contributed by atoms with E-state index < -0.39 is 10.3 Å². The van der Waals surface area contributed by atoms with Gasteiger partial charge in [0, 0.05) is 6.42 Å². The number of hydrogen-bond acceptors (Lipinski definition) is 3. The number of ether oxygens (including phenoxy) is 1. The zero-order chi connectivity index (χ0) is 13.8. The fraction of sp³-hybridized carbons (Fsp3) is 0.846. The third-order valence-electron chi connectivity index (χ3n) is 3.32. The van der Waals surface area contributed by atoms with Crippen molar-refractivity contribution in [2.45, 2.75) is 62.8 Å². The summed E-state index contributed by atoms with van der Waals surface area (Å²) in [5, 5.41) is 8.63. The molecule has 0 aromatic carbocycles. The molecule has 0 atom stereocenters. The van der Waals surface area contributed by atoms with Gasteiger partial charge in [-0.2, -0.15) is 0 Å². The third kappa shape index (κ3) is 5.38. The molecule has 4 nitrogen and oxygen atoms in total. The minimum atomic E-state index is -0.732. The number of carbonyl (C=O) groups excluding carboxylic acids is 1. The molecule has 0 unspecified atom stereocenters. The van der Waals surface area contributed by atoms with E-state index in [4.69, 9.17) is 9.84 Å². The average molecular weight is 321 g/mol. The van der Waals surface area contributed by atoms with Crippen molar-refractivity contribution in [3.05, 3.63) is 0 Å². The molecule has 104 valence electrons. The van der Waals surface area contributed by atoms with Crippen molar-refractivity contribution in [2.24, 2.45) is 5.92 Å². The molecule has 0 aliphatic heterocycles. The SMILES string of the molecule is CC(C)(Br)C(=O)OC1CCC(CCC(=O)O)CC1. The maximum Gasteiger partial charge on any atom is 0.322 e. The molecule has 0 amide bonds. The molecule has 1 fully saturated rings. The molecule has 0 spiro atoms. The van der Waals surface area contributed by atoms with Crippen LogP contribution in [-0.4, -0.2) is 27.5 Å². The highest BCUT2D eigenvalue weighted by Gasteiger charge is 2.30. The van der Waals surface area contributed by atoms with Crippen molar-refractivity contribution in [1.82, 2.24) is 0 Å². The van der Waals surface area contributed by atoms with Crippen LogP contribution in [0, 0.1) is 5.92 Å². The number of alkyl halides is 1. The molecule has 1 N–H and O–H groups in total. The molecule has 0 heterocycles. The largest absolute Gasteiger partial charge is 0.481 e. The smallest absolute Gasteiger partial charge is 0.322 e. The van der Waals surface area contributed by atoms with Gasteiger partial charge >= 0.3 is 11.9 Å². The second kappa shape index (κ2) is 6.55. The number of carboxylic acids is 1. The number of halogens is 1. The topological polar surface area (TPSA) is 63.6 Å². The van der Waals surface area contributed by atoms with Crippen molar-refractivity contribution in [3.63, 3.8) is 0 Å². The van der Waals surface area contributed by atoms with E-state index >= 15 is 0 Å². The van der Waals surface area contributed by atoms with Crippen LogP contribution in [0.5, 0.6) is 0 Å². The highest BCUT2D eigenvalue weighted by molar-refractivity contribution is 9.10. The molecule has 5 heteroatoms. The van der Waals surface area contributed by atoms with Crippen LogP contribution in [0.4, 0.5) is 0 Å². The van der Waals surface area contributed by atoms with Gasteiger partial charge in [-0.25, -0.2) is 0 Å². The lowest BCUT2D eigenvalue weighted by molar-refractivity contribution is -0.152. The lowest BCUT2D eigenvalue weighted by atomic mass is 9.84. The molecule has 0 radical (unpaired) electrons. The van der Waals surface area contributed by atoms with Crippen LogP contribution in [0.1, 0.15) is 52.4 Å². The van der Waals surface area contributed by atoms with Crippen molar-refractivity contribution in [1.29, 1.82) is 0 Å². The number of carboxylic acid groups (broad SMARTS) is 1. The maximum absolute atomic E-state index is 11.7. The first kappa shape index (κ1) is 15.5. The van der Waals surface area contributed by atoms with E-state index in [0.717, 1.165) is 32.1 Å². The Labute approximate surface area is 116 Å². The van der Waals surface area contributed by atoms with Crippen molar-refractivity contribution in [2.75, 3.05) is 0 Å². The van der Waals surface area contributed by atoms with Crippen LogP contribution in [-0.2, 0) is 14.3 Å². The van der Waals surface area contributed by atoms with Gasteiger partial charge in [0.05, 0.1) is 0 Å². The number of carbonyl (C=O) groups is 2. The van der Waals surface area contributed by atoms with Gasteiger partial charge in [-0.1, -0.05) is 15.9 Å². The first-order valence-corrected chi connectivity index (χ1v) is 7.20. The van der Waals surface area contributed by atoms with E-state index in [-0.39, 0.29) is 18.5 Å². The summed E-state index contributed by atoms with van der Waals surface area (Å²) in [5.41, 5.74) is 0. The van der Waals surface area contributed by atoms with Crippen LogP contribution in [0.15, 0.2) is 0 Å². The van der Waals surface area contributed by atoms with Crippen molar-refractivity contribution in [3.8, 4) is 0 Å². The molecule has 1 aliphatic rings. The summed E-state index contributed by atoms with van der Waals surface area (Å²) in [6.07, 6.45) is 4.57. The first-order valence-electron chi connectivity index (χ1n) is 6.41. The Hall–Kier alpha value is -0.580. The van der Waals surface area contributed by atoms with Crippen LogP contribution < -0.4 is 0 Å². The van der Waals surface area contributed by atoms with Gasteiger partial charge in [0.15, 0.2) is 0 Å². The van der Waals surface area contributed by atoms with Crippen molar-refractivity contribution >= 4 is 27.9 Å². The predicted octanol–water partition coefficient (Wildman–Crippen LogP) is 3.13. The lowest BCUT2D eigenvalue weighted by Crippen LogP contribution is -2.33. The first-order chi connectivity index (χ1) is 8.29. The fourth-order valence-electron chi connectivity index (χ4n) is 2.16. The monoisotopic (exact) mass is 320 g/mol. The number of esters is 1. The van der Waals surface area contributed by atoms with E-state index in [9.17, 15) is 9.59 Å². The predicted molar refractivity (Wildman–Crippen MR) is 71.7 cm³/mol. The molecule has 1 rings (SSSR count). The van der Waals surface area contributed by atoms with Crippen LogP contribution in [0.25, 0.3) is 0 Å². The molecule has 18 heavy (non-hydrogen) atoms. The summed E-state index contributed by atoms with van der Waals surface area (Å²) < 4.78 is 4.80. The molecular weight excluding hydrogens is 300 g/mol. The summed E-state index contributed by atoms with van der Waals surface area (Å²) >= 11 is 3.28. The fourth-order valence-corrected chi connectivity index (χ4v) is 2.25. The van der Waals surface area contributed by atoms with Gasteiger partial charge in [0.25, 0.3) is 0 Å². The Morgan fingerprint density at radius 3 is 2.28 bits per heavy atom. The summed E-state index contributed by atoms with van der Waals surface area (Å²) in [5.74, 6) is -0.492. The maximum atomic E-state index is 11.7. The standard InChI is InChI=1S/C13H21BrO4/c1-13(2,14)12(17)18-10-6-3-9(4-7-10)5-8-11(15)16/h9-10H,3-8H2,1-2H3,(H,15,16). The molecule has 0 aromatic rings. The normalized spacial score (nSPS) is 24.6. The van der Waals surface area contributed by atoms with Crippen LogP contribution in [0.2, 0.25) is 0 Å². The zero-order valence-corrected chi connectivity index (χ0v) is 12.5. The average Bonchev–Trinajstić information content (AvgIpc) is 2.26. The zero-order valence-electron chi connectivity index (χ0n) is 10.9. The van der Waals surface area contributed by atoms with E-state index in [1.54, 1.807) is 13.8 Å². The Kier molecular flexibility index (Phi) is 5.63. The van der Waals surface area contributed by atoms with E-state index in [1.807, 2.05) is 0 Å². The highest BCUT2D eigenvalue weighted by atomic mass is 79.9. The lowest BCUT2D eigenvalue weighted by Gasteiger charge is -2.29. The third-order valence-corrected chi connectivity index (χ3v) is 3.64. The van der Waals surface area contributed by atoms with Gasteiger partial charge in [-0.05, 0) is 51.9 Å². The van der Waals surface area contributed by atoms with E-state index in [2.05, 4.69) is 15.9 Å². The van der Waals surface area contributed by atoms with E-state index in [1.165, 1.54) is 0 Å². The number of rotatable bonds is 5. The highest BCUT2D eigenvalue weighted by Crippen LogP contribution is 2.30. The molecule has 0 bridgehead atoms. The van der Waals surface area contributed by atoms with Gasteiger partial charge in [-0.15, -0.1) is 0 Å². The Bertz CT molecular complexity index is 301. The number of hydrogen-bond donors (Lipinski definition) is 1. The van der Waals surface area contributed by atoms with Gasteiger partial charge in [-0.3, -0.25) is 9.59 Å². The summed E-state index contributed by atoms with van der Waals surface area (Å²) in [7, 11) is 0. The molecule has 1 aliphatic carbocycles. The Morgan fingerprint density at radius 1 is 1.28 bits per heavy atom. The quantitative estimate of drug-likeness (QED) is 0.624. The van der Waals surface area contributed by atoms with Crippen LogP contribution >= 0.6 is 15.9 Å². The number of aliphatic carboxylic acids is 1. The van der Waals surface area contributed by atoms with Gasteiger partial charge < -0.3 is 9.84 Å². The Balaban J connectivity index is 2.27. The van der Waals surface area contributed by atoms with Gasteiger partial charge in [0.1, 0.15) is 10.4 Å². The molecule has 0 saturated heterocycles. The summed E-state index contributed by atoms with van der Waals surface area (Å²) in [4.78, 5) is 22.2. The molecule has 0 aromatic heterocycles. The van der Waals surface area contributed by atoms with Crippen molar-refractivity contribution < 1.29 is 19.4 Å². The minimum absolute atomic E-state index is 0.00426. The summed E-state index contributed by atoms with van der Waals surface area (Å²) in [6.45, 7) is 3.54. The van der Waals surface area contributed by atoms with Gasteiger partial charge in [0.2, 0.25) is 0 Å². The minimum Gasteiger partial charge on any atom is -0.481 e. The second-order valence-corrected chi connectivity index (χ2v) is 7.44. The summed E-state index contributed by atoms with van der Waals surface area (Å²) in [6, 6.07) is 0. The molecule has 1 saturated carbocycles. The second-order valence-electron chi connectivity index (χ2n) is 5.45. The molecular formula is C13H21BrO4.